The summed E-state index contributed by atoms with van der Waals surface area (Å²) in [6.45, 7) is 1.57. The van der Waals surface area contributed by atoms with Crippen molar-refractivity contribution in [1.82, 2.24) is 30.1 Å². The maximum atomic E-state index is 13.1. The number of piperidine rings is 1. The number of carbonyl (C=O) groups excluding carboxylic acids is 4. The van der Waals surface area contributed by atoms with Crippen LogP contribution in [0.5, 0.6) is 0 Å². The zero-order valence-electron chi connectivity index (χ0n) is 19.1. The number of rotatable bonds is 3. The number of benzene rings is 1. The van der Waals surface area contributed by atoms with Crippen molar-refractivity contribution in [2.45, 2.75) is 50.8 Å². The molecule has 1 unspecified atom stereocenters. The number of aromatic nitrogens is 3. The van der Waals surface area contributed by atoms with Crippen molar-refractivity contribution in [2.24, 2.45) is 11.8 Å². The topological polar surface area (TPSA) is 138 Å². The van der Waals surface area contributed by atoms with Crippen molar-refractivity contribution in [3.8, 4) is 5.69 Å². The quantitative estimate of drug-likeness (QED) is 0.604. The summed E-state index contributed by atoms with van der Waals surface area (Å²) < 4.78 is 1.51. The predicted octanol–water partition coefficient (Wildman–Crippen LogP) is 0.261. The molecule has 4 heterocycles. The van der Waals surface area contributed by atoms with Crippen LogP contribution < -0.4 is 5.32 Å². The molecule has 35 heavy (non-hydrogen) atoms. The molecule has 2 saturated heterocycles. The van der Waals surface area contributed by atoms with Gasteiger partial charge in [0.1, 0.15) is 6.04 Å². The lowest BCUT2D eigenvalue weighted by Gasteiger charge is -2.29. The Morgan fingerprint density at radius 1 is 1.09 bits per heavy atom. The third-order valence-electron chi connectivity index (χ3n) is 7.79. The van der Waals surface area contributed by atoms with Gasteiger partial charge in [-0.1, -0.05) is 5.21 Å². The van der Waals surface area contributed by atoms with Gasteiger partial charge in [0.2, 0.25) is 11.8 Å². The Balaban J connectivity index is 1.17. The minimum absolute atomic E-state index is 0.166. The largest absolute Gasteiger partial charge is 0.393 e. The summed E-state index contributed by atoms with van der Waals surface area (Å²) in [6, 6.07) is 4.57. The fourth-order valence-electron chi connectivity index (χ4n) is 5.93. The van der Waals surface area contributed by atoms with Crippen molar-refractivity contribution < 1.29 is 24.3 Å². The summed E-state index contributed by atoms with van der Waals surface area (Å²) in [5, 5.41) is 20.5. The monoisotopic (exact) mass is 478 g/mol. The molecule has 4 atom stereocenters. The molecule has 0 spiro atoms. The fourth-order valence-corrected chi connectivity index (χ4v) is 5.93. The van der Waals surface area contributed by atoms with Crippen LogP contribution in [0.2, 0.25) is 0 Å². The number of amides is 4. The smallest absolute Gasteiger partial charge is 0.276 e. The van der Waals surface area contributed by atoms with Gasteiger partial charge in [0.05, 0.1) is 18.0 Å². The van der Waals surface area contributed by atoms with Crippen LogP contribution in [0.3, 0.4) is 0 Å². The third-order valence-corrected chi connectivity index (χ3v) is 7.79. The van der Waals surface area contributed by atoms with Crippen LogP contribution in [-0.4, -0.2) is 78.8 Å². The highest BCUT2D eigenvalue weighted by Gasteiger charge is 2.41. The summed E-state index contributed by atoms with van der Waals surface area (Å²) in [5.74, 6) is -0.410. The lowest BCUT2D eigenvalue weighted by atomic mass is 9.80. The Morgan fingerprint density at radius 3 is 2.74 bits per heavy atom. The number of carbonyl (C=O) groups is 4. The van der Waals surface area contributed by atoms with Gasteiger partial charge in [0.15, 0.2) is 5.69 Å². The minimum Gasteiger partial charge on any atom is -0.393 e. The van der Waals surface area contributed by atoms with E-state index in [0.717, 1.165) is 24.8 Å². The molecule has 0 radical (unpaired) electrons. The number of hydrogen-bond acceptors (Lipinski definition) is 7. The fraction of sp³-hybridized carbons (Fsp3) is 0.500. The van der Waals surface area contributed by atoms with Gasteiger partial charge in [-0.3, -0.25) is 24.5 Å². The number of nitrogens with zero attached hydrogens (tertiary/aromatic N) is 5. The van der Waals surface area contributed by atoms with E-state index < -0.39 is 11.9 Å². The summed E-state index contributed by atoms with van der Waals surface area (Å²) in [7, 11) is 0. The van der Waals surface area contributed by atoms with Crippen molar-refractivity contribution >= 4 is 23.6 Å². The van der Waals surface area contributed by atoms with Gasteiger partial charge in [0.25, 0.3) is 11.8 Å². The summed E-state index contributed by atoms with van der Waals surface area (Å²) in [5.41, 5.74) is 2.18. The Bertz CT molecular complexity index is 1240. The van der Waals surface area contributed by atoms with Crippen LogP contribution >= 0.6 is 0 Å². The van der Waals surface area contributed by atoms with E-state index in [0.29, 0.717) is 42.6 Å². The standard InChI is InChI=1S/C24H26N6O5/c31-17-3-1-13-9-28(10-14(13)8-17)24(35)19-12-30(27-26-19)16-2-4-18-15(7-16)11-29(23(18)34)20-5-6-21(32)25-22(20)33/h2,4,7,12-14,17,20,31H,1,3,5-6,8-11H2,(H,25,32,33)/t13-,14+,17-,20?/m1/s1. The molecule has 182 valence electrons. The number of hydrogen-bond donors (Lipinski definition) is 2. The Hall–Kier alpha value is -3.60. The van der Waals surface area contributed by atoms with Gasteiger partial charge in [-0.05, 0) is 61.3 Å². The molecular formula is C24H26N6O5. The SMILES string of the molecule is O=C1CCC(N2Cc3cc(-n4cc(C(=O)N5C[C@H]6CC[C@@H](O)C[C@H]6C5)nn4)ccc3C2=O)C(=O)N1. The number of imide groups is 1. The van der Waals surface area contributed by atoms with Crippen LogP contribution in [0.25, 0.3) is 5.69 Å². The van der Waals surface area contributed by atoms with Gasteiger partial charge in [-0.15, -0.1) is 5.10 Å². The molecule has 1 aromatic heterocycles. The van der Waals surface area contributed by atoms with Crippen molar-refractivity contribution in [3.63, 3.8) is 0 Å². The van der Waals surface area contributed by atoms with Crippen molar-refractivity contribution in [1.29, 1.82) is 0 Å². The second-order valence-electron chi connectivity index (χ2n) is 9.99. The average Bonchev–Trinajstić information content (AvgIpc) is 3.56. The van der Waals surface area contributed by atoms with Gasteiger partial charge < -0.3 is 14.9 Å². The van der Waals surface area contributed by atoms with Gasteiger partial charge >= 0.3 is 0 Å². The summed E-state index contributed by atoms with van der Waals surface area (Å²) >= 11 is 0. The Morgan fingerprint density at radius 2 is 1.91 bits per heavy atom. The number of aliphatic hydroxyl groups is 1. The Kier molecular flexibility index (Phi) is 5.17. The molecule has 3 aliphatic heterocycles. The number of likely N-dealkylation sites (tertiary alicyclic amines) is 1. The number of nitrogens with one attached hydrogen (secondary N) is 1. The molecule has 4 amide bonds. The second kappa shape index (κ2) is 8.26. The lowest BCUT2D eigenvalue weighted by Crippen LogP contribution is -2.52. The molecule has 11 heteroatoms. The van der Waals surface area contributed by atoms with E-state index in [1.54, 1.807) is 23.2 Å². The van der Waals surface area contributed by atoms with E-state index in [4.69, 9.17) is 0 Å². The molecule has 4 aliphatic rings. The molecule has 11 nitrogen and oxygen atoms in total. The van der Waals surface area contributed by atoms with Crippen LogP contribution in [0.15, 0.2) is 24.4 Å². The molecule has 6 rings (SSSR count). The van der Waals surface area contributed by atoms with Crippen LogP contribution in [-0.2, 0) is 16.1 Å². The van der Waals surface area contributed by atoms with Gasteiger partial charge in [-0.25, -0.2) is 4.68 Å². The highest BCUT2D eigenvalue weighted by atomic mass is 16.3. The first-order chi connectivity index (χ1) is 16.9. The molecular weight excluding hydrogens is 452 g/mol. The molecule has 3 fully saturated rings. The van der Waals surface area contributed by atoms with Crippen molar-refractivity contribution in [3.05, 3.63) is 41.2 Å². The molecule has 1 saturated carbocycles. The lowest BCUT2D eigenvalue weighted by molar-refractivity contribution is -0.136. The van der Waals surface area contributed by atoms with Crippen LogP contribution in [0.1, 0.15) is 58.5 Å². The van der Waals surface area contributed by atoms with Crippen LogP contribution in [0.4, 0.5) is 0 Å². The number of aliphatic hydroxyl groups excluding tert-OH is 1. The van der Waals surface area contributed by atoms with E-state index in [1.807, 2.05) is 6.07 Å². The van der Waals surface area contributed by atoms with Gasteiger partial charge in [0, 0.05) is 31.6 Å². The zero-order chi connectivity index (χ0) is 24.3. The Labute approximate surface area is 201 Å². The molecule has 0 bridgehead atoms. The normalized spacial score (nSPS) is 28.2. The van der Waals surface area contributed by atoms with E-state index in [9.17, 15) is 24.3 Å². The maximum Gasteiger partial charge on any atom is 0.276 e. The van der Waals surface area contributed by atoms with E-state index in [2.05, 4.69) is 15.6 Å². The zero-order valence-corrected chi connectivity index (χ0v) is 19.1. The predicted molar refractivity (Wildman–Crippen MR) is 120 cm³/mol. The maximum absolute atomic E-state index is 13.1. The number of fused-ring (bicyclic) bond motifs is 2. The highest BCUT2D eigenvalue weighted by molar-refractivity contribution is 6.05. The first kappa shape index (κ1) is 21.9. The second-order valence-corrected chi connectivity index (χ2v) is 9.99. The third kappa shape index (κ3) is 3.79. The van der Waals surface area contributed by atoms with E-state index >= 15 is 0 Å². The highest BCUT2D eigenvalue weighted by Crippen LogP contribution is 2.36. The molecule has 2 aromatic rings. The molecule has 1 aliphatic carbocycles. The van der Waals surface area contributed by atoms with E-state index in [-0.39, 0.29) is 42.5 Å². The summed E-state index contributed by atoms with van der Waals surface area (Å²) in [4.78, 5) is 53.0. The first-order valence-corrected chi connectivity index (χ1v) is 12.0. The molecule has 1 aromatic carbocycles. The summed E-state index contributed by atoms with van der Waals surface area (Å²) in [6.07, 6.45) is 4.30. The minimum atomic E-state index is -0.670. The average molecular weight is 479 g/mol. The van der Waals surface area contributed by atoms with E-state index in [1.165, 1.54) is 9.58 Å². The first-order valence-electron chi connectivity index (χ1n) is 12.0. The molecule has 2 N–H and O–H groups in total. The van der Waals surface area contributed by atoms with Gasteiger partial charge in [-0.2, -0.15) is 0 Å². The van der Waals surface area contributed by atoms with Crippen molar-refractivity contribution in [2.75, 3.05) is 13.1 Å². The van der Waals surface area contributed by atoms with Crippen LogP contribution in [0, 0.1) is 11.8 Å².